The number of unbranched alkanes of at least 4 members (excludes halogenated alkanes) is 13. The maximum Gasteiger partial charge on any atom is 0.295 e. The summed E-state index contributed by atoms with van der Waals surface area (Å²) < 4.78 is 0.924. The zero-order chi connectivity index (χ0) is 27.2. The lowest BCUT2D eigenvalue weighted by atomic mass is 9.95. The Labute approximate surface area is 237 Å². The van der Waals surface area contributed by atoms with Crippen LogP contribution in [-0.2, 0) is 9.59 Å². The standard InChI is InChI=1S/C33H44BrNO3/c1-2-3-4-5-6-7-8-9-10-11-12-13-14-18-25-35-30(26-21-23-28(34)24-22-26)29(32(37)33(35)38)31(36)27-19-16-15-17-20-27/h15-17,19-24,30,36H,2-14,18,25H2,1H3/b31-29+/t30-/m0/s1. The van der Waals surface area contributed by atoms with E-state index in [0.717, 1.165) is 29.3 Å². The Morgan fingerprint density at radius 1 is 0.737 bits per heavy atom. The van der Waals surface area contributed by atoms with Crippen molar-refractivity contribution in [3.63, 3.8) is 0 Å². The van der Waals surface area contributed by atoms with Crippen LogP contribution in [0.4, 0.5) is 0 Å². The summed E-state index contributed by atoms with van der Waals surface area (Å²) >= 11 is 3.47. The summed E-state index contributed by atoms with van der Waals surface area (Å²) in [5, 5.41) is 11.1. The SMILES string of the molecule is CCCCCCCCCCCCCCCCN1C(=O)C(=O)/C(=C(/O)c2ccccc2)[C@@H]1c1ccc(Br)cc1. The van der Waals surface area contributed by atoms with E-state index in [-0.39, 0.29) is 11.3 Å². The Kier molecular flexibility index (Phi) is 13.1. The van der Waals surface area contributed by atoms with Gasteiger partial charge in [-0.15, -0.1) is 0 Å². The minimum atomic E-state index is -0.607. The van der Waals surface area contributed by atoms with Gasteiger partial charge in [-0.2, -0.15) is 0 Å². The monoisotopic (exact) mass is 581 g/mol. The molecule has 0 aliphatic carbocycles. The molecule has 0 radical (unpaired) electrons. The highest BCUT2D eigenvalue weighted by Gasteiger charge is 2.45. The van der Waals surface area contributed by atoms with Crippen LogP contribution in [0.5, 0.6) is 0 Å². The molecule has 4 nitrogen and oxygen atoms in total. The number of ketones is 1. The zero-order valence-electron chi connectivity index (χ0n) is 23.0. The van der Waals surface area contributed by atoms with Crippen LogP contribution in [0.25, 0.3) is 5.76 Å². The lowest BCUT2D eigenvalue weighted by Crippen LogP contribution is -2.30. The van der Waals surface area contributed by atoms with Gasteiger partial charge < -0.3 is 10.0 Å². The minimum Gasteiger partial charge on any atom is -0.507 e. The summed E-state index contributed by atoms with van der Waals surface area (Å²) in [7, 11) is 0. The van der Waals surface area contributed by atoms with Crippen LogP contribution in [-0.4, -0.2) is 28.2 Å². The fourth-order valence-electron chi connectivity index (χ4n) is 5.33. The van der Waals surface area contributed by atoms with E-state index >= 15 is 0 Å². The van der Waals surface area contributed by atoms with Gasteiger partial charge in [-0.25, -0.2) is 0 Å². The number of halogens is 1. The Hall–Kier alpha value is -2.40. The van der Waals surface area contributed by atoms with Crippen LogP contribution in [0, 0.1) is 0 Å². The number of amides is 1. The van der Waals surface area contributed by atoms with Gasteiger partial charge in [0.1, 0.15) is 5.76 Å². The molecule has 0 saturated carbocycles. The maximum atomic E-state index is 13.1. The summed E-state index contributed by atoms with van der Waals surface area (Å²) in [4.78, 5) is 27.9. The molecular formula is C33H44BrNO3. The van der Waals surface area contributed by atoms with E-state index in [1.165, 1.54) is 70.6 Å². The number of carbonyl (C=O) groups is 2. The first-order valence-corrected chi connectivity index (χ1v) is 15.4. The third-order valence-corrected chi connectivity index (χ3v) is 8.05. The fraction of sp³-hybridized carbons (Fsp3) is 0.515. The minimum absolute atomic E-state index is 0.111. The molecule has 1 aliphatic rings. The van der Waals surface area contributed by atoms with Crippen LogP contribution in [0.15, 0.2) is 64.6 Å². The number of rotatable bonds is 17. The second-order valence-electron chi connectivity index (χ2n) is 10.5. The quantitative estimate of drug-likeness (QED) is 0.0875. The Bertz CT molecular complexity index is 1030. The van der Waals surface area contributed by atoms with Crippen LogP contribution in [0.3, 0.4) is 0 Å². The van der Waals surface area contributed by atoms with Crippen LogP contribution >= 0.6 is 15.9 Å². The largest absolute Gasteiger partial charge is 0.507 e. The molecule has 0 aromatic heterocycles. The molecule has 1 atom stereocenters. The Morgan fingerprint density at radius 3 is 1.76 bits per heavy atom. The Balaban J connectivity index is 1.50. The molecule has 0 unspecified atom stereocenters. The highest BCUT2D eigenvalue weighted by molar-refractivity contribution is 9.10. The van der Waals surface area contributed by atoms with E-state index in [4.69, 9.17) is 0 Å². The van der Waals surface area contributed by atoms with Gasteiger partial charge in [0.15, 0.2) is 0 Å². The van der Waals surface area contributed by atoms with Crippen molar-refractivity contribution in [3.05, 3.63) is 75.8 Å². The highest BCUT2D eigenvalue weighted by Crippen LogP contribution is 2.39. The first-order valence-electron chi connectivity index (χ1n) is 14.6. The number of benzene rings is 2. The van der Waals surface area contributed by atoms with Gasteiger partial charge in [0, 0.05) is 16.6 Å². The highest BCUT2D eigenvalue weighted by atomic mass is 79.9. The van der Waals surface area contributed by atoms with Crippen molar-refractivity contribution < 1.29 is 14.7 Å². The van der Waals surface area contributed by atoms with E-state index in [1.54, 1.807) is 17.0 Å². The van der Waals surface area contributed by atoms with Crippen LogP contribution < -0.4 is 0 Å². The summed E-state index contributed by atoms with van der Waals surface area (Å²) in [6.45, 7) is 2.77. The molecule has 1 amide bonds. The fourth-order valence-corrected chi connectivity index (χ4v) is 5.59. The van der Waals surface area contributed by atoms with Gasteiger partial charge in [0.05, 0.1) is 11.6 Å². The van der Waals surface area contributed by atoms with Crippen molar-refractivity contribution in [2.75, 3.05) is 6.54 Å². The van der Waals surface area contributed by atoms with Gasteiger partial charge in [0.25, 0.3) is 11.7 Å². The number of likely N-dealkylation sites (tertiary alicyclic amines) is 1. The zero-order valence-corrected chi connectivity index (χ0v) is 24.6. The Morgan fingerprint density at radius 2 is 1.24 bits per heavy atom. The third kappa shape index (κ3) is 8.83. The summed E-state index contributed by atoms with van der Waals surface area (Å²) in [5.74, 6) is -1.24. The second kappa shape index (κ2) is 16.5. The smallest absolute Gasteiger partial charge is 0.295 e. The topological polar surface area (TPSA) is 57.6 Å². The van der Waals surface area contributed by atoms with Crippen molar-refractivity contribution in [2.24, 2.45) is 0 Å². The lowest BCUT2D eigenvalue weighted by molar-refractivity contribution is -0.139. The van der Waals surface area contributed by atoms with Crippen molar-refractivity contribution in [1.29, 1.82) is 0 Å². The van der Waals surface area contributed by atoms with Crippen molar-refractivity contribution in [3.8, 4) is 0 Å². The van der Waals surface area contributed by atoms with Gasteiger partial charge in [-0.1, -0.05) is 149 Å². The normalized spacial score (nSPS) is 16.9. The van der Waals surface area contributed by atoms with Crippen LogP contribution in [0.1, 0.15) is 114 Å². The first-order chi connectivity index (χ1) is 18.5. The molecule has 1 heterocycles. The average molecular weight is 583 g/mol. The molecule has 0 bridgehead atoms. The first kappa shape index (κ1) is 30.1. The molecule has 5 heteroatoms. The molecule has 1 N–H and O–H groups in total. The predicted octanol–water partition coefficient (Wildman–Crippen LogP) is 9.35. The molecule has 1 fully saturated rings. The lowest BCUT2D eigenvalue weighted by Gasteiger charge is -2.25. The van der Waals surface area contributed by atoms with Gasteiger partial charge in [-0.3, -0.25) is 9.59 Å². The number of aliphatic hydroxyl groups excluding tert-OH is 1. The van der Waals surface area contributed by atoms with Crippen molar-refractivity contribution in [1.82, 2.24) is 4.90 Å². The molecule has 206 valence electrons. The summed E-state index contributed by atoms with van der Waals surface area (Å²) in [6.07, 6.45) is 17.8. The molecular weight excluding hydrogens is 538 g/mol. The van der Waals surface area contributed by atoms with E-state index < -0.39 is 17.7 Å². The molecule has 1 aliphatic heterocycles. The van der Waals surface area contributed by atoms with E-state index in [2.05, 4.69) is 22.9 Å². The summed E-state index contributed by atoms with van der Waals surface area (Å²) in [5.41, 5.74) is 1.55. The molecule has 38 heavy (non-hydrogen) atoms. The number of aliphatic hydroxyl groups is 1. The van der Waals surface area contributed by atoms with E-state index in [1.807, 2.05) is 42.5 Å². The maximum absolute atomic E-state index is 13.1. The number of Topliss-reactive ketones (excluding diaryl/α,β-unsaturated/α-hetero) is 1. The molecule has 0 spiro atoms. The second-order valence-corrected chi connectivity index (χ2v) is 11.4. The number of hydrogen-bond acceptors (Lipinski definition) is 3. The average Bonchev–Trinajstić information content (AvgIpc) is 3.18. The molecule has 2 aromatic carbocycles. The number of carbonyl (C=O) groups excluding carboxylic acids is 2. The number of hydrogen-bond donors (Lipinski definition) is 1. The van der Waals surface area contributed by atoms with Crippen LogP contribution in [0.2, 0.25) is 0 Å². The molecule has 1 saturated heterocycles. The predicted molar refractivity (Wildman–Crippen MR) is 160 cm³/mol. The van der Waals surface area contributed by atoms with Crippen molar-refractivity contribution in [2.45, 2.75) is 103 Å². The summed E-state index contributed by atoms with van der Waals surface area (Å²) in [6, 6.07) is 16.1. The van der Waals surface area contributed by atoms with Gasteiger partial charge >= 0.3 is 0 Å². The third-order valence-electron chi connectivity index (χ3n) is 7.53. The number of nitrogens with zero attached hydrogens (tertiary/aromatic N) is 1. The van der Waals surface area contributed by atoms with Gasteiger partial charge in [-0.05, 0) is 24.1 Å². The van der Waals surface area contributed by atoms with Gasteiger partial charge in [0.2, 0.25) is 0 Å². The molecule has 2 aromatic rings. The molecule has 3 rings (SSSR count). The van der Waals surface area contributed by atoms with E-state index in [0.29, 0.717) is 12.1 Å². The van der Waals surface area contributed by atoms with E-state index in [9.17, 15) is 14.7 Å². The van der Waals surface area contributed by atoms with Crippen molar-refractivity contribution >= 4 is 33.4 Å².